The summed E-state index contributed by atoms with van der Waals surface area (Å²) in [5.41, 5.74) is 11.9. The van der Waals surface area contributed by atoms with Gasteiger partial charge in [0.25, 0.3) is 0 Å². The normalized spacial score (nSPS) is 10.8. The molecule has 8 aromatic rings. The maximum Gasteiger partial charge on any atom is 0.330 e. The average molecular weight is 872 g/mol. The number of para-hydroxylation sites is 2. The Hall–Kier alpha value is -8.43. The van der Waals surface area contributed by atoms with Crippen LogP contribution in [0.3, 0.4) is 0 Å². The van der Waals surface area contributed by atoms with Crippen LogP contribution in [-0.2, 0) is 47.9 Å². The summed E-state index contributed by atoms with van der Waals surface area (Å²) in [5.74, 6) is -1.33. The molecule has 0 amide bonds. The lowest BCUT2D eigenvalue weighted by molar-refractivity contribution is -0.138. The molecular formula is C57H49N3O6. The van der Waals surface area contributed by atoms with Crippen LogP contribution in [0.25, 0.3) is 27.5 Å². The summed E-state index contributed by atoms with van der Waals surface area (Å²) in [6, 6.07) is 58.7. The van der Waals surface area contributed by atoms with E-state index in [1.54, 1.807) is 0 Å². The van der Waals surface area contributed by atoms with Crippen LogP contribution in [0.4, 0.5) is 34.1 Å². The van der Waals surface area contributed by atoms with E-state index in [0.717, 1.165) is 78.3 Å². The Labute approximate surface area is 384 Å². The number of esters is 3. The van der Waals surface area contributed by atoms with Gasteiger partial charge in [0.1, 0.15) is 0 Å². The summed E-state index contributed by atoms with van der Waals surface area (Å²) >= 11 is 0. The highest BCUT2D eigenvalue weighted by Gasteiger charge is 2.21. The van der Waals surface area contributed by atoms with E-state index < -0.39 is 17.9 Å². The van der Waals surface area contributed by atoms with Gasteiger partial charge in [-0.1, -0.05) is 92.5 Å². The molecular weight excluding hydrogens is 823 g/mol. The summed E-state index contributed by atoms with van der Waals surface area (Å²) in [6.07, 6.45) is 5.20. The highest BCUT2D eigenvalue weighted by atomic mass is 16.5. The molecule has 0 spiro atoms. The summed E-state index contributed by atoms with van der Waals surface area (Å²) in [7, 11) is 0. The fraction of sp³-hybridized carbons (Fsp3) is 0.105. The van der Waals surface area contributed by atoms with Crippen molar-refractivity contribution < 1.29 is 28.6 Å². The number of hydrogen-bond donors (Lipinski definition) is 0. The second kappa shape index (κ2) is 20.8. The molecule has 0 aliphatic carbocycles. The molecule has 7 aromatic carbocycles. The largest absolute Gasteiger partial charge is 0.462 e. The van der Waals surface area contributed by atoms with Gasteiger partial charge in [0.05, 0.1) is 30.9 Å². The molecule has 0 N–H and O–H groups in total. The van der Waals surface area contributed by atoms with Crippen molar-refractivity contribution in [2.45, 2.75) is 19.3 Å². The van der Waals surface area contributed by atoms with E-state index in [-0.39, 0.29) is 19.8 Å². The summed E-state index contributed by atoms with van der Waals surface area (Å²) < 4.78 is 18.2. The third kappa shape index (κ3) is 10.2. The Bertz CT molecular complexity index is 2860. The molecule has 1 aromatic heterocycles. The number of nitrogens with zero attached hydrogens (tertiary/aromatic N) is 3. The monoisotopic (exact) mass is 871 g/mol. The zero-order chi connectivity index (χ0) is 45.8. The zero-order valence-electron chi connectivity index (χ0n) is 36.6. The van der Waals surface area contributed by atoms with Crippen LogP contribution in [0, 0.1) is 0 Å². The molecule has 9 nitrogen and oxygen atoms in total. The van der Waals surface area contributed by atoms with Crippen molar-refractivity contribution in [3.05, 3.63) is 225 Å². The summed E-state index contributed by atoms with van der Waals surface area (Å²) in [6.45, 7) is 11.3. The number of benzene rings is 7. The van der Waals surface area contributed by atoms with E-state index in [0.29, 0.717) is 19.3 Å². The molecule has 0 atom stereocenters. The van der Waals surface area contributed by atoms with Gasteiger partial charge >= 0.3 is 17.9 Å². The fourth-order valence-electron chi connectivity index (χ4n) is 8.10. The quantitative estimate of drug-likeness (QED) is 0.0451. The topological polar surface area (TPSA) is 90.3 Å². The predicted molar refractivity (Wildman–Crippen MR) is 265 cm³/mol. The van der Waals surface area contributed by atoms with Crippen molar-refractivity contribution in [1.82, 2.24) is 4.57 Å². The van der Waals surface area contributed by atoms with Gasteiger partial charge in [0.15, 0.2) is 0 Å². The zero-order valence-corrected chi connectivity index (χ0v) is 36.6. The van der Waals surface area contributed by atoms with Crippen LogP contribution in [0.5, 0.6) is 0 Å². The Morgan fingerprint density at radius 3 is 1.20 bits per heavy atom. The number of carbonyl (C=O) groups is 3. The number of rotatable bonds is 19. The van der Waals surface area contributed by atoms with Gasteiger partial charge in [-0.05, 0) is 114 Å². The van der Waals surface area contributed by atoms with E-state index in [1.165, 1.54) is 18.2 Å². The van der Waals surface area contributed by atoms with E-state index in [9.17, 15) is 14.4 Å². The molecule has 0 bridgehead atoms. The van der Waals surface area contributed by atoms with Gasteiger partial charge in [-0.3, -0.25) is 0 Å². The first-order chi connectivity index (χ1) is 32.3. The Morgan fingerprint density at radius 1 is 0.409 bits per heavy atom. The minimum atomic E-state index is -0.445. The van der Waals surface area contributed by atoms with Gasteiger partial charge in [-0.25, -0.2) is 14.4 Å². The molecule has 9 heteroatoms. The van der Waals surface area contributed by atoms with Crippen molar-refractivity contribution in [3.63, 3.8) is 0 Å². The number of ether oxygens (including phenoxy) is 3. The number of anilines is 6. The number of hydrogen-bond acceptors (Lipinski definition) is 8. The van der Waals surface area contributed by atoms with E-state index in [1.807, 2.05) is 60.7 Å². The standard InChI is InChI=1S/C57H49N3O6/c1-4-55(61)64-34-31-41-23-25-46(26-24-41)60-53-29-27-49(58(44-17-9-7-10-18-44)47-21-13-15-42(37-47)32-35-65-56(62)5-2)39-51(53)52-40-50(28-30-54(52)60)59(45-19-11-8-12-20-45)48-22-14-16-43(38-48)33-36-66-57(63)6-3/h4-30,37-40H,1-3,31-36H2. The highest BCUT2D eigenvalue weighted by molar-refractivity contribution is 6.12. The van der Waals surface area contributed by atoms with Gasteiger partial charge in [0, 0.05) is 88.1 Å². The van der Waals surface area contributed by atoms with Gasteiger partial charge in [-0.2, -0.15) is 0 Å². The maximum absolute atomic E-state index is 11.8. The van der Waals surface area contributed by atoms with Crippen LogP contribution in [0.1, 0.15) is 16.7 Å². The Morgan fingerprint density at radius 2 is 0.788 bits per heavy atom. The Kier molecular flexibility index (Phi) is 13.9. The van der Waals surface area contributed by atoms with E-state index in [2.05, 4.69) is 143 Å². The first kappa shape index (κ1) is 44.2. The third-order valence-electron chi connectivity index (χ3n) is 11.2. The molecule has 8 rings (SSSR count). The Balaban J connectivity index is 1.27. The van der Waals surface area contributed by atoms with Gasteiger partial charge in [0.2, 0.25) is 0 Å². The second-order valence-electron chi connectivity index (χ2n) is 15.5. The van der Waals surface area contributed by atoms with Crippen molar-refractivity contribution in [2.75, 3.05) is 29.6 Å². The molecule has 0 fully saturated rings. The number of fused-ring (bicyclic) bond motifs is 3. The molecule has 0 aliphatic heterocycles. The van der Waals surface area contributed by atoms with Gasteiger partial charge < -0.3 is 28.6 Å². The lowest BCUT2D eigenvalue weighted by Crippen LogP contribution is -2.11. The predicted octanol–water partition coefficient (Wildman–Crippen LogP) is 12.5. The minimum Gasteiger partial charge on any atom is -0.462 e. The van der Waals surface area contributed by atoms with Crippen molar-refractivity contribution in [2.24, 2.45) is 0 Å². The summed E-state index contributed by atoms with van der Waals surface area (Å²) in [5, 5.41) is 2.09. The third-order valence-corrected chi connectivity index (χ3v) is 11.2. The minimum absolute atomic E-state index is 0.243. The lowest BCUT2D eigenvalue weighted by atomic mass is 10.1. The van der Waals surface area contributed by atoms with E-state index >= 15 is 0 Å². The first-order valence-electron chi connectivity index (χ1n) is 21.8. The average Bonchev–Trinajstić information content (AvgIpc) is 3.68. The molecule has 328 valence electrons. The SMILES string of the molecule is C=CC(=O)OCCc1ccc(-n2c3ccc(N(c4ccccc4)c4cccc(CCOC(=O)C=C)c4)cc3c3cc(N(c4ccccc4)c4cccc(CCOC(=O)C=C)c4)ccc32)cc1. The van der Waals surface area contributed by atoms with E-state index in [4.69, 9.17) is 14.2 Å². The fourth-order valence-corrected chi connectivity index (χ4v) is 8.10. The van der Waals surface area contributed by atoms with Gasteiger partial charge in [-0.15, -0.1) is 0 Å². The lowest BCUT2D eigenvalue weighted by Gasteiger charge is -2.26. The van der Waals surface area contributed by atoms with Crippen LogP contribution in [0.2, 0.25) is 0 Å². The highest BCUT2D eigenvalue weighted by Crippen LogP contribution is 2.43. The number of aromatic nitrogens is 1. The smallest absolute Gasteiger partial charge is 0.330 e. The first-order valence-corrected chi connectivity index (χ1v) is 21.8. The second-order valence-corrected chi connectivity index (χ2v) is 15.5. The van der Waals surface area contributed by atoms with Crippen molar-refractivity contribution >= 4 is 73.8 Å². The molecule has 0 unspecified atom stereocenters. The molecule has 0 radical (unpaired) electrons. The molecule has 0 saturated carbocycles. The van der Waals surface area contributed by atoms with Crippen LogP contribution in [-0.4, -0.2) is 42.3 Å². The van der Waals surface area contributed by atoms with Crippen molar-refractivity contribution in [1.29, 1.82) is 0 Å². The molecule has 1 heterocycles. The molecule has 66 heavy (non-hydrogen) atoms. The number of carbonyl (C=O) groups excluding carboxylic acids is 3. The van der Waals surface area contributed by atoms with Crippen molar-refractivity contribution in [3.8, 4) is 5.69 Å². The molecule has 0 saturated heterocycles. The van der Waals surface area contributed by atoms with Crippen LogP contribution in [0.15, 0.2) is 208 Å². The summed E-state index contributed by atoms with van der Waals surface area (Å²) in [4.78, 5) is 39.8. The van der Waals surface area contributed by atoms with Crippen LogP contribution < -0.4 is 9.80 Å². The van der Waals surface area contributed by atoms with Crippen LogP contribution >= 0.6 is 0 Å². The molecule has 0 aliphatic rings. The maximum atomic E-state index is 11.8.